The molecule has 0 saturated carbocycles. The molecule has 2 aromatic carbocycles. The molecule has 0 saturated heterocycles. The Morgan fingerprint density at radius 3 is 2.62 bits per heavy atom. The molecular weight excluding hydrogens is 265 g/mol. The molecule has 1 N–H and O–H groups in total. The summed E-state index contributed by atoms with van der Waals surface area (Å²) < 4.78 is 19.3. The summed E-state index contributed by atoms with van der Waals surface area (Å²) in [6, 6.07) is 15.5. The van der Waals surface area contributed by atoms with Crippen LogP contribution in [0.3, 0.4) is 0 Å². The highest BCUT2D eigenvalue weighted by Gasteiger charge is 2.04. The van der Waals surface area contributed by atoms with Gasteiger partial charge in [0.05, 0.1) is 6.61 Å². The molecule has 2 nitrogen and oxygen atoms in total. The van der Waals surface area contributed by atoms with Gasteiger partial charge in [-0.2, -0.15) is 0 Å². The summed E-state index contributed by atoms with van der Waals surface area (Å²) in [4.78, 5) is 0. The average molecular weight is 287 g/mol. The second kappa shape index (κ2) is 8.55. The number of hydrogen-bond acceptors (Lipinski definition) is 2. The molecular formula is C18H22FNO. The number of ether oxygens (including phenoxy) is 1. The minimum Gasteiger partial charge on any atom is -0.377 e. The number of halogens is 1. The van der Waals surface area contributed by atoms with Gasteiger partial charge < -0.3 is 10.1 Å². The molecule has 2 aromatic rings. The van der Waals surface area contributed by atoms with Gasteiger partial charge in [0.25, 0.3) is 0 Å². The van der Waals surface area contributed by atoms with Gasteiger partial charge in [0.2, 0.25) is 0 Å². The highest BCUT2D eigenvalue weighted by Crippen LogP contribution is 2.12. The molecule has 0 fully saturated rings. The van der Waals surface area contributed by atoms with Crippen LogP contribution in [0, 0.1) is 5.82 Å². The van der Waals surface area contributed by atoms with Crippen LogP contribution in [-0.2, 0) is 24.3 Å². The van der Waals surface area contributed by atoms with E-state index in [1.807, 2.05) is 31.3 Å². The molecule has 0 unspecified atom stereocenters. The number of rotatable bonds is 8. The molecule has 0 aliphatic heterocycles. The van der Waals surface area contributed by atoms with Crippen molar-refractivity contribution in [2.75, 3.05) is 13.7 Å². The first-order chi connectivity index (χ1) is 10.3. The van der Waals surface area contributed by atoms with Crippen LogP contribution in [0.4, 0.5) is 4.39 Å². The second-order valence-corrected chi connectivity index (χ2v) is 5.10. The maximum atomic E-state index is 13.7. The average Bonchev–Trinajstić information content (AvgIpc) is 2.51. The summed E-state index contributed by atoms with van der Waals surface area (Å²) in [5, 5.41) is 3.06. The van der Waals surface area contributed by atoms with Crippen LogP contribution in [0.1, 0.15) is 23.1 Å². The van der Waals surface area contributed by atoms with Gasteiger partial charge in [0, 0.05) is 18.7 Å². The zero-order chi connectivity index (χ0) is 14.9. The normalized spacial score (nSPS) is 10.8. The summed E-state index contributed by atoms with van der Waals surface area (Å²) >= 11 is 0. The third kappa shape index (κ3) is 5.29. The van der Waals surface area contributed by atoms with E-state index >= 15 is 0 Å². The highest BCUT2D eigenvalue weighted by atomic mass is 19.1. The molecule has 0 aliphatic rings. The van der Waals surface area contributed by atoms with Crippen molar-refractivity contribution < 1.29 is 9.13 Å². The first-order valence-electron chi connectivity index (χ1n) is 7.33. The summed E-state index contributed by atoms with van der Waals surface area (Å²) in [6.45, 7) is 1.71. The van der Waals surface area contributed by atoms with Crippen molar-refractivity contribution in [3.05, 3.63) is 71.0 Å². The molecule has 0 amide bonds. The Hall–Kier alpha value is -1.71. The molecule has 0 heterocycles. The molecule has 21 heavy (non-hydrogen) atoms. The lowest BCUT2D eigenvalue weighted by atomic mass is 10.1. The van der Waals surface area contributed by atoms with E-state index in [0.717, 1.165) is 24.9 Å². The van der Waals surface area contributed by atoms with E-state index in [2.05, 4.69) is 17.4 Å². The second-order valence-electron chi connectivity index (χ2n) is 5.10. The van der Waals surface area contributed by atoms with Crippen molar-refractivity contribution in [1.82, 2.24) is 5.32 Å². The Morgan fingerprint density at radius 2 is 1.86 bits per heavy atom. The van der Waals surface area contributed by atoms with Gasteiger partial charge >= 0.3 is 0 Å². The third-order valence-electron chi connectivity index (χ3n) is 3.35. The van der Waals surface area contributed by atoms with Crippen LogP contribution in [0.2, 0.25) is 0 Å². The fraction of sp³-hybridized carbons (Fsp3) is 0.333. The summed E-state index contributed by atoms with van der Waals surface area (Å²) in [5.41, 5.74) is 3.01. The number of aryl methyl sites for hydroxylation is 1. The predicted molar refractivity (Wildman–Crippen MR) is 83.6 cm³/mol. The lowest BCUT2D eigenvalue weighted by Crippen LogP contribution is -2.06. The van der Waals surface area contributed by atoms with Gasteiger partial charge in [-0.1, -0.05) is 36.4 Å². The van der Waals surface area contributed by atoms with Crippen molar-refractivity contribution in [2.24, 2.45) is 0 Å². The van der Waals surface area contributed by atoms with E-state index in [-0.39, 0.29) is 5.82 Å². The number of nitrogens with one attached hydrogen (secondary N) is 1. The van der Waals surface area contributed by atoms with Gasteiger partial charge in [-0.25, -0.2) is 4.39 Å². The van der Waals surface area contributed by atoms with Crippen LogP contribution < -0.4 is 5.32 Å². The molecule has 112 valence electrons. The summed E-state index contributed by atoms with van der Waals surface area (Å²) in [6.07, 6.45) is 1.94. The summed E-state index contributed by atoms with van der Waals surface area (Å²) in [5.74, 6) is -0.196. The fourth-order valence-corrected chi connectivity index (χ4v) is 2.26. The first-order valence-corrected chi connectivity index (χ1v) is 7.33. The van der Waals surface area contributed by atoms with Gasteiger partial charge in [0.15, 0.2) is 0 Å². The molecule has 0 bridgehead atoms. The van der Waals surface area contributed by atoms with E-state index < -0.39 is 0 Å². The maximum Gasteiger partial charge on any atom is 0.128 e. The van der Waals surface area contributed by atoms with Gasteiger partial charge in [-0.15, -0.1) is 0 Å². The van der Waals surface area contributed by atoms with Crippen molar-refractivity contribution in [3.63, 3.8) is 0 Å². The van der Waals surface area contributed by atoms with Gasteiger partial charge in [-0.05, 0) is 43.1 Å². The predicted octanol–water partition coefficient (Wildman–Crippen LogP) is 3.69. The molecule has 3 heteroatoms. The van der Waals surface area contributed by atoms with Crippen LogP contribution in [0.5, 0.6) is 0 Å². The zero-order valence-corrected chi connectivity index (χ0v) is 12.4. The largest absolute Gasteiger partial charge is 0.377 e. The van der Waals surface area contributed by atoms with Gasteiger partial charge in [-0.3, -0.25) is 0 Å². The van der Waals surface area contributed by atoms with Crippen LogP contribution in [0.15, 0.2) is 48.5 Å². The van der Waals surface area contributed by atoms with Crippen LogP contribution in [-0.4, -0.2) is 13.7 Å². The quantitative estimate of drug-likeness (QED) is 0.748. The van der Waals surface area contributed by atoms with Crippen molar-refractivity contribution >= 4 is 0 Å². The monoisotopic (exact) mass is 287 g/mol. The van der Waals surface area contributed by atoms with Crippen molar-refractivity contribution in [2.45, 2.75) is 26.0 Å². The Kier molecular flexibility index (Phi) is 6.38. The van der Waals surface area contributed by atoms with Gasteiger partial charge in [0.1, 0.15) is 5.82 Å². The zero-order valence-electron chi connectivity index (χ0n) is 12.4. The standard InChI is InChI=1S/C18H22FNO/c1-20-13-16-9-10-18(19)17(12-16)14-21-11-5-8-15-6-3-2-4-7-15/h2-4,6-7,9-10,12,20H,5,8,11,13-14H2,1H3. The Labute approximate surface area is 126 Å². The third-order valence-corrected chi connectivity index (χ3v) is 3.35. The SMILES string of the molecule is CNCc1ccc(F)c(COCCCc2ccccc2)c1. The number of benzene rings is 2. The van der Waals surface area contributed by atoms with E-state index in [1.54, 1.807) is 6.07 Å². The van der Waals surface area contributed by atoms with Crippen molar-refractivity contribution in [3.8, 4) is 0 Å². The minimum atomic E-state index is -0.196. The van der Waals surface area contributed by atoms with E-state index in [9.17, 15) is 4.39 Å². The fourth-order valence-electron chi connectivity index (χ4n) is 2.26. The van der Waals surface area contributed by atoms with Crippen LogP contribution >= 0.6 is 0 Å². The van der Waals surface area contributed by atoms with Crippen LogP contribution in [0.25, 0.3) is 0 Å². The lowest BCUT2D eigenvalue weighted by Gasteiger charge is -2.08. The molecule has 2 rings (SSSR count). The topological polar surface area (TPSA) is 21.3 Å². The van der Waals surface area contributed by atoms with E-state index in [0.29, 0.717) is 18.8 Å². The molecule has 0 aliphatic carbocycles. The van der Waals surface area contributed by atoms with E-state index in [4.69, 9.17) is 4.74 Å². The Balaban J connectivity index is 1.74. The lowest BCUT2D eigenvalue weighted by molar-refractivity contribution is 0.116. The maximum absolute atomic E-state index is 13.7. The number of hydrogen-bond donors (Lipinski definition) is 1. The first kappa shape index (κ1) is 15.7. The highest BCUT2D eigenvalue weighted by molar-refractivity contribution is 5.24. The Bertz CT molecular complexity index is 542. The molecule has 0 radical (unpaired) electrons. The van der Waals surface area contributed by atoms with Crippen molar-refractivity contribution in [1.29, 1.82) is 0 Å². The molecule has 0 aromatic heterocycles. The van der Waals surface area contributed by atoms with E-state index in [1.165, 1.54) is 11.6 Å². The smallest absolute Gasteiger partial charge is 0.128 e. The molecule has 0 spiro atoms. The molecule has 0 atom stereocenters. The Morgan fingerprint density at radius 1 is 1.05 bits per heavy atom. The minimum absolute atomic E-state index is 0.196. The summed E-state index contributed by atoms with van der Waals surface area (Å²) in [7, 11) is 1.88.